The van der Waals surface area contributed by atoms with E-state index in [0.717, 1.165) is 63.2 Å². The molecule has 2 saturated heterocycles. The summed E-state index contributed by atoms with van der Waals surface area (Å²) in [6, 6.07) is 4.28. The van der Waals surface area contributed by atoms with Gasteiger partial charge in [0.1, 0.15) is 5.82 Å². The first-order valence-electron chi connectivity index (χ1n) is 10.7. The number of nitrogens with zero attached hydrogens (tertiary/aromatic N) is 5. The van der Waals surface area contributed by atoms with Gasteiger partial charge < -0.3 is 20.0 Å². The lowest BCUT2D eigenvalue weighted by Gasteiger charge is -2.36. The number of piperazine rings is 1. The zero-order valence-electron chi connectivity index (χ0n) is 17.8. The van der Waals surface area contributed by atoms with Crippen molar-refractivity contribution < 1.29 is 4.79 Å². The van der Waals surface area contributed by atoms with Crippen LogP contribution < -0.4 is 10.2 Å². The molecular weight excluding hydrogens is 479 g/mol. The van der Waals surface area contributed by atoms with Crippen LogP contribution in [0.15, 0.2) is 23.3 Å². The molecule has 1 aromatic heterocycles. The Labute approximate surface area is 192 Å². The molecule has 1 amide bonds. The highest BCUT2D eigenvalue weighted by Crippen LogP contribution is 2.17. The number of aliphatic imine (C=N–C) groups is 1. The molecule has 8 heteroatoms. The minimum Gasteiger partial charge on any atom is -0.357 e. The summed E-state index contributed by atoms with van der Waals surface area (Å²) in [7, 11) is 0. The lowest BCUT2D eigenvalue weighted by molar-refractivity contribution is -0.130. The van der Waals surface area contributed by atoms with Crippen LogP contribution in [0.3, 0.4) is 0 Å². The van der Waals surface area contributed by atoms with Crippen molar-refractivity contribution in [3.8, 4) is 0 Å². The largest absolute Gasteiger partial charge is 0.357 e. The molecule has 29 heavy (non-hydrogen) atoms. The molecule has 0 atom stereocenters. The average Bonchev–Trinajstić information content (AvgIpc) is 3.01. The molecule has 0 aromatic carbocycles. The van der Waals surface area contributed by atoms with Gasteiger partial charge in [0.15, 0.2) is 5.96 Å². The van der Waals surface area contributed by atoms with Gasteiger partial charge in [-0.05, 0) is 31.4 Å². The minimum absolute atomic E-state index is 0. The van der Waals surface area contributed by atoms with Crippen LogP contribution in [-0.2, 0) is 11.3 Å². The van der Waals surface area contributed by atoms with Crippen molar-refractivity contribution in [2.45, 2.75) is 46.1 Å². The summed E-state index contributed by atoms with van der Waals surface area (Å²) in [5.74, 6) is 2.15. The summed E-state index contributed by atoms with van der Waals surface area (Å²) in [6.45, 7) is 10.5. The second kappa shape index (κ2) is 12.2. The number of anilines is 1. The first kappa shape index (κ1) is 23.7. The molecule has 0 aliphatic carbocycles. The molecule has 2 aliphatic rings. The fourth-order valence-electron chi connectivity index (χ4n) is 3.82. The molecule has 3 heterocycles. The summed E-state index contributed by atoms with van der Waals surface area (Å²) in [4.78, 5) is 27.6. The Kier molecular flexibility index (Phi) is 9.96. The van der Waals surface area contributed by atoms with Gasteiger partial charge in [-0.25, -0.2) is 9.98 Å². The predicted molar refractivity (Wildman–Crippen MR) is 129 cm³/mol. The van der Waals surface area contributed by atoms with E-state index < -0.39 is 0 Å². The van der Waals surface area contributed by atoms with Crippen LogP contribution in [0.25, 0.3) is 0 Å². The van der Waals surface area contributed by atoms with Crippen molar-refractivity contribution >= 4 is 41.7 Å². The first-order valence-corrected chi connectivity index (χ1v) is 10.7. The highest BCUT2D eigenvalue weighted by Gasteiger charge is 2.20. The van der Waals surface area contributed by atoms with Crippen LogP contribution in [0.4, 0.5) is 5.82 Å². The van der Waals surface area contributed by atoms with E-state index in [-0.39, 0.29) is 29.9 Å². The monoisotopic (exact) mass is 514 g/mol. The normalized spacial score (nSPS) is 18.1. The van der Waals surface area contributed by atoms with E-state index in [4.69, 9.17) is 4.99 Å². The number of halogens is 1. The number of guanidine groups is 1. The van der Waals surface area contributed by atoms with Gasteiger partial charge >= 0.3 is 0 Å². The van der Waals surface area contributed by atoms with E-state index in [2.05, 4.69) is 39.2 Å². The van der Waals surface area contributed by atoms with Gasteiger partial charge in [-0.2, -0.15) is 0 Å². The Hall–Kier alpha value is -1.58. The molecule has 0 bridgehead atoms. The van der Waals surface area contributed by atoms with Gasteiger partial charge in [-0.1, -0.05) is 18.9 Å². The predicted octanol–water partition coefficient (Wildman–Crippen LogP) is 2.71. The number of hydrogen-bond acceptors (Lipinski definition) is 4. The quantitative estimate of drug-likeness (QED) is 0.381. The number of hydrogen-bond donors (Lipinski definition) is 1. The van der Waals surface area contributed by atoms with E-state index in [1.54, 1.807) is 6.92 Å². The zero-order valence-corrected chi connectivity index (χ0v) is 20.1. The van der Waals surface area contributed by atoms with Gasteiger partial charge in [0, 0.05) is 58.9 Å². The fraction of sp³-hybridized carbons (Fsp3) is 0.667. The van der Waals surface area contributed by atoms with Crippen molar-refractivity contribution in [1.29, 1.82) is 0 Å². The van der Waals surface area contributed by atoms with Crippen molar-refractivity contribution in [2.24, 2.45) is 4.99 Å². The minimum atomic E-state index is 0. The molecule has 1 N–H and O–H groups in total. The Morgan fingerprint density at radius 2 is 1.69 bits per heavy atom. The molecule has 2 fully saturated rings. The number of carbonyl (C=O) groups excluding carboxylic acids is 1. The smallest absolute Gasteiger partial charge is 0.219 e. The molecule has 0 spiro atoms. The lowest BCUT2D eigenvalue weighted by Crippen LogP contribution is -2.53. The molecule has 162 valence electrons. The molecule has 0 radical (unpaired) electrons. The van der Waals surface area contributed by atoms with Crippen LogP contribution in [-0.4, -0.2) is 72.5 Å². The van der Waals surface area contributed by atoms with E-state index >= 15 is 0 Å². The number of aromatic nitrogens is 1. The molecule has 3 rings (SSSR count). The van der Waals surface area contributed by atoms with Crippen molar-refractivity contribution in [1.82, 2.24) is 20.1 Å². The second-order valence-corrected chi connectivity index (χ2v) is 7.59. The van der Waals surface area contributed by atoms with Crippen LogP contribution in [0.2, 0.25) is 0 Å². The number of nitrogens with one attached hydrogen (secondary N) is 1. The highest BCUT2D eigenvalue weighted by atomic mass is 127. The third kappa shape index (κ3) is 7.01. The molecule has 0 unspecified atom stereocenters. The summed E-state index contributed by atoms with van der Waals surface area (Å²) in [6.07, 6.45) is 7.14. The summed E-state index contributed by atoms with van der Waals surface area (Å²) in [5, 5.41) is 3.38. The van der Waals surface area contributed by atoms with Gasteiger partial charge in [0.2, 0.25) is 5.91 Å². The Morgan fingerprint density at radius 3 is 2.24 bits per heavy atom. The molecule has 0 saturated carbocycles. The summed E-state index contributed by atoms with van der Waals surface area (Å²) < 4.78 is 0. The number of carbonyl (C=O) groups is 1. The highest BCUT2D eigenvalue weighted by molar-refractivity contribution is 14.0. The zero-order chi connectivity index (χ0) is 19.8. The third-order valence-electron chi connectivity index (χ3n) is 5.51. The molecule has 2 aliphatic heterocycles. The van der Waals surface area contributed by atoms with Crippen LogP contribution in [0, 0.1) is 0 Å². The standard InChI is InChI=1S/C21H34N6O.HI/c1-3-22-21(27-14-12-25(13-15-27)18(2)28)24-17-19-8-9-20(23-16-19)26-10-6-4-5-7-11-26;/h8-9,16H,3-7,10-15,17H2,1-2H3,(H,22,24);1H. The van der Waals surface area contributed by atoms with E-state index in [9.17, 15) is 4.79 Å². The Balaban J connectivity index is 0.00000300. The molecular formula is C21H35IN6O. The Bertz CT molecular complexity index is 650. The van der Waals surface area contributed by atoms with Crippen LogP contribution in [0.1, 0.15) is 45.1 Å². The van der Waals surface area contributed by atoms with E-state index in [0.29, 0.717) is 6.54 Å². The maximum Gasteiger partial charge on any atom is 0.219 e. The van der Waals surface area contributed by atoms with Crippen LogP contribution >= 0.6 is 24.0 Å². The van der Waals surface area contributed by atoms with Gasteiger partial charge in [-0.3, -0.25) is 4.79 Å². The third-order valence-corrected chi connectivity index (χ3v) is 5.51. The lowest BCUT2D eigenvalue weighted by atomic mass is 10.2. The number of amides is 1. The number of pyridine rings is 1. The summed E-state index contributed by atoms with van der Waals surface area (Å²) in [5.41, 5.74) is 1.12. The molecule has 7 nitrogen and oxygen atoms in total. The van der Waals surface area contributed by atoms with Crippen molar-refractivity contribution in [3.05, 3.63) is 23.9 Å². The van der Waals surface area contributed by atoms with Crippen molar-refractivity contribution in [3.63, 3.8) is 0 Å². The SMILES string of the molecule is CCNC(=NCc1ccc(N2CCCCCC2)nc1)N1CCN(C(C)=O)CC1.I. The average molecular weight is 514 g/mol. The van der Waals surface area contributed by atoms with Gasteiger partial charge in [-0.15, -0.1) is 24.0 Å². The molecule has 1 aromatic rings. The van der Waals surface area contributed by atoms with Gasteiger partial charge in [0.25, 0.3) is 0 Å². The Morgan fingerprint density at radius 1 is 1.03 bits per heavy atom. The number of rotatable bonds is 4. The maximum absolute atomic E-state index is 11.5. The second-order valence-electron chi connectivity index (χ2n) is 7.59. The first-order chi connectivity index (χ1) is 13.7. The van der Waals surface area contributed by atoms with E-state index in [1.165, 1.54) is 25.7 Å². The van der Waals surface area contributed by atoms with Crippen molar-refractivity contribution in [2.75, 3.05) is 50.7 Å². The fourth-order valence-corrected chi connectivity index (χ4v) is 3.82. The van der Waals surface area contributed by atoms with Gasteiger partial charge in [0.05, 0.1) is 6.54 Å². The van der Waals surface area contributed by atoms with E-state index in [1.807, 2.05) is 11.1 Å². The topological polar surface area (TPSA) is 64.1 Å². The van der Waals surface area contributed by atoms with Crippen LogP contribution in [0.5, 0.6) is 0 Å². The summed E-state index contributed by atoms with van der Waals surface area (Å²) >= 11 is 0. The maximum atomic E-state index is 11.5.